The quantitative estimate of drug-likeness (QED) is 0.100. The molecule has 0 aromatic heterocycles. The average Bonchev–Trinajstić information content (AvgIpc) is 2.81. The molecule has 5 nitrogen and oxygen atoms in total. The van der Waals surface area contributed by atoms with Crippen LogP contribution in [0, 0.1) is 0 Å². The summed E-state index contributed by atoms with van der Waals surface area (Å²) in [6, 6.07) is 5.64. The van der Waals surface area contributed by atoms with E-state index < -0.39 is 0 Å². The Kier molecular flexibility index (Phi) is 17.5. The molecule has 1 aromatic carbocycles. The van der Waals surface area contributed by atoms with E-state index in [2.05, 4.69) is 22.8 Å². The van der Waals surface area contributed by atoms with Crippen LogP contribution < -0.4 is 20.2 Å². The van der Waals surface area contributed by atoms with Gasteiger partial charge in [-0.2, -0.15) is 5.10 Å². The van der Waals surface area contributed by atoms with Gasteiger partial charge in [0, 0.05) is 6.54 Å². The summed E-state index contributed by atoms with van der Waals surface area (Å²) in [5, 5.41) is 7.95. The van der Waals surface area contributed by atoms with E-state index in [1.807, 2.05) is 18.2 Å². The van der Waals surface area contributed by atoms with Crippen LogP contribution in [0.3, 0.4) is 0 Å². The molecular formula is C26H45N3O2S. The van der Waals surface area contributed by atoms with Crippen molar-refractivity contribution in [2.75, 3.05) is 20.8 Å². The first kappa shape index (κ1) is 28.2. The van der Waals surface area contributed by atoms with Crippen LogP contribution in [0.2, 0.25) is 0 Å². The van der Waals surface area contributed by atoms with Crippen LogP contribution in [0.1, 0.15) is 102 Å². The Hall–Kier alpha value is -1.82. The van der Waals surface area contributed by atoms with E-state index >= 15 is 0 Å². The van der Waals surface area contributed by atoms with Gasteiger partial charge in [-0.25, -0.2) is 0 Å². The van der Waals surface area contributed by atoms with E-state index in [0.717, 1.165) is 18.5 Å². The second-order valence-electron chi connectivity index (χ2n) is 8.34. The monoisotopic (exact) mass is 463 g/mol. The number of methoxy groups -OCH3 is 2. The first-order chi connectivity index (χ1) is 15.7. The minimum atomic E-state index is 0.552. The number of ether oxygens (including phenoxy) is 2. The molecule has 0 spiro atoms. The predicted molar refractivity (Wildman–Crippen MR) is 141 cm³/mol. The molecular weight excluding hydrogens is 418 g/mol. The lowest BCUT2D eigenvalue weighted by molar-refractivity contribution is 0.355. The fraction of sp³-hybridized carbons (Fsp3) is 0.692. The van der Waals surface area contributed by atoms with Crippen LogP contribution in [-0.2, 0) is 0 Å². The summed E-state index contributed by atoms with van der Waals surface area (Å²) in [5.41, 5.74) is 3.77. The van der Waals surface area contributed by atoms with Crippen molar-refractivity contribution in [3.05, 3.63) is 23.8 Å². The van der Waals surface area contributed by atoms with Crippen molar-refractivity contribution in [3.8, 4) is 11.5 Å². The number of hydrazone groups is 1. The van der Waals surface area contributed by atoms with Crippen LogP contribution in [0.15, 0.2) is 23.3 Å². The van der Waals surface area contributed by atoms with E-state index in [-0.39, 0.29) is 0 Å². The minimum Gasteiger partial charge on any atom is -0.493 e. The third kappa shape index (κ3) is 14.3. The lowest BCUT2D eigenvalue weighted by atomic mass is 10.0. The zero-order valence-corrected chi connectivity index (χ0v) is 21.4. The van der Waals surface area contributed by atoms with Gasteiger partial charge in [-0.3, -0.25) is 5.43 Å². The van der Waals surface area contributed by atoms with Gasteiger partial charge >= 0.3 is 0 Å². The Morgan fingerprint density at radius 1 is 0.812 bits per heavy atom. The standard InChI is InChI=1S/C26H45N3O2S/c1-4-5-6-7-8-9-10-11-12-13-14-15-16-17-20-27-26(32)29-28-22-23-18-19-24(30-2)25(21-23)31-3/h18-19,21-22H,4-17,20H2,1-3H3,(H2,27,29,32). The summed E-state index contributed by atoms with van der Waals surface area (Å²) in [6.07, 6.45) is 20.9. The molecule has 1 aromatic rings. The number of nitrogens with zero attached hydrogens (tertiary/aromatic N) is 1. The minimum absolute atomic E-state index is 0.552. The van der Waals surface area contributed by atoms with Crippen LogP contribution in [0.5, 0.6) is 11.5 Å². The molecule has 0 amide bonds. The summed E-state index contributed by atoms with van der Waals surface area (Å²) in [4.78, 5) is 0. The highest BCUT2D eigenvalue weighted by Crippen LogP contribution is 2.26. The molecule has 2 N–H and O–H groups in total. The van der Waals surface area contributed by atoms with Gasteiger partial charge in [0.2, 0.25) is 0 Å². The average molecular weight is 464 g/mol. The van der Waals surface area contributed by atoms with E-state index in [9.17, 15) is 0 Å². The van der Waals surface area contributed by atoms with Gasteiger partial charge in [-0.15, -0.1) is 0 Å². The fourth-order valence-corrected chi connectivity index (χ4v) is 3.81. The molecule has 182 valence electrons. The number of thiocarbonyl (C=S) groups is 1. The number of nitrogens with one attached hydrogen (secondary N) is 2. The highest BCUT2D eigenvalue weighted by molar-refractivity contribution is 7.80. The lowest BCUT2D eigenvalue weighted by Crippen LogP contribution is -2.32. The Morgan fingerprint density at radius 2 is 1.34 bits per heavy atom. The number of benzene rings is 1. The van der Waals surface area contributed by atoms with Gasteiger partial charge in [0.25, 0.3) is 0 Å². The molecule has 0 saturated carbocycles. The van der Waals surface area contributed by atoms with Crippen molar-refractivity contribution >= 4 is 23.5 Å². The van der Waals surface area contributed by atoms with E-state index in [1.54, 1.807) is 20.4 Å². The van der Waals surface area contributed by atoms with Gasteiger partial charge in [-0.1, -0.05) is 90.4 Å². The first-order valence-electron chi connectivity index (χ1n) is 12.5. The number of rotatable bonds is 19. The van der Waals surface area contributed by atoms with Crippen molar-refractivity contribution < 1.29 is 9.47 Å². The van der Waals surface area contributed by atoms with Gasteiger partial charge in [0.15, 0.2) is 16.6 Å². The molecule has 0 heterocycles. The van der Waals surface area contributed by atoms with Crippen molar-refractivity contribution in [2.24, 2.45) is 5.10 Å². The number of hydrogen-bond donors (Lipinski definition) is 2. The maximum Gasteiger partial charge on any atom is 0.186 e. The summed E-state index contributed by atoms with van der Waals surface area (Å²) in [7, 11) is 3.24. The molecule has 0 atom stereocenters. The highest BCUT2D eigenvalue weighted by atomic mass is 32.1. The van der Waals surface area contributed by atoms with E-state index in [4.69, 9.17) is 21.7 Å². The first-order valence-corrected chi connectivity index (χ1v) is 12.9. The van der Waals surface area contributed by atoms with E-state index in [0.29, 0.717) is 16.6 Å². The van der Waals surface area contributed by atoms with E-state index in [1.165, 1.54) is 83.5 Å². The molecule has 0 aliphatic heterocycles. The van der Waals surface area contributed by atoms with Crippen LogP contribution in [0.25, 0.3) is 0 Å². The molecule has 0 fully saturated rings. The molecule has 32 heavy (non-hydrogen) atoms. The predicted octanol–water partition coefficient (Wildman–Crippen LogP) is 6.98. The largest absolute Gasteiger partial charge is 0.493 e. The van der Waals surface area contributed by atoms with Gasteiger partial charge in [-0.05, 0) is 42.4 Å². The second kappa shape index (κ2) is 19.8. The fourth-order valence-electron chi connectivity index (χ4n) is 3.66. The second-order valence-corrected chi connectivity index (χ2v) is 8.74. The summed E-state index contributed by atoms with van der Waals surface area (Å²) in [6.45, 7) is 3.16. The Bertz CT molecular complexity index is 637. The third-order valence-corrected chi connectivity index (χ3v) is 5.84. The maximum atomic E-state index is 5.30. The zero-order valence-electron chi connectivity index (χ0n) is 20.6. The molecule has 1 rings (SSSR count). The van der Waals surface area contributed by atoms with Crippen molar-refractivity contribution in [1.82, 2.24) is 10.7 Å². The SMILES string of the molecule is CCCCCCCCCCCCCCCCNC(=S)NN=Cc1ccc(OC)c(OC)c1. The highest BCUT2D eigenvalue weighted by Gasteiger charge is 2.03. The summed E-state index contributed by atoms with van der Waals surface area (Å²) in [5.74, 6) is 1.37. The normalized spacial score (nSPS) is 11.0. The molecule has 0 aliphatic carbocycles. The molecule has 0 unspecified atom stereocenters. The van der Waals surface area contributed by atoms with Crippen LogP contribution >= 0.6 is 12.2 Å². The molecule has 0 saturated heterocycles. The smallest absolute Gasteiger partial charge is 0.186 e. The van der Waals surface area contributed by atoms with Crippen molar-refractivity contribution in [1.29, 1.82) is 0 Å². The van der Waals surface area contributed by atoms with Crippen molar-refractivity contribution in [2.45, 2.75) is 96.8 Å². The number of hydrogen-bond acceptors (Lipinski definition) is 4. The van der Waals surface area contributed by atoms with Gasteiger partial charge in [0.1, 0.15) is 0 Å². The topological polar surface area (TPSA) is 54.9 Å². The third-order valence-electron chi connectivity index (χ3n) is 5.60. The summed E-state index contributed by atoms with van der Waals surface area (Å²) >= 11 is 5.28. The van der Waals surface area contributed by atoms with Crippen LogP contribution in [0.4, 0.5) is 0 Å². The lowest BCUT2D eigenvalue weighted by Gasteiger charge is -2.08. The Morgan fingerprint density at radius 3 is 1.88 bits per heavy atom. The molecule has 6 heteroatoms. The zero-order chi connectivity index (χ0) is 23.3. The summed E-state index contributed by atoms with van der Waals surface area (Å²) < 4.78 is 10.5. The Balaban J connectivity index is 1.95. The molecule has 0 radical (unpaired) electrons. The molecule has 0 bridgehead atoms. The number of unbranched alkanes of at least 4 members (excludes halogenated alkanes) is 13. The van der Waals surface area contributed by atoms with Gasteiger partial charge in [0.05, 0.1) is 20.4 Å². The van der Waals surface area contributed by atoms with Crippen molar-refractivity contribution in [3.63, 3.8) is 0 Å². The Labute approximate surface area is 201 Å². The van der Waals surface area contributed by atoms with Crippen LogP contribution in [-0.4, -0.2) is 32.1 Å². The molecule has 0 aliphatic rings. The maximum absolute atomic E-state index is 5.30. The van der Waals surface area contributed by atoms with Gasteiger partial charge < -0.3 is 14.8 Å².